The number of aliphatic carboxylic acids is 1. The van der Waals surface area contributed by atoms with Gasteiger partial charge in [0.1, 0.15) is 0 Å². The molecule has 104 valence electrons. The maximum absolute atomic E-state index is 13.1. The monoisotopic (exact) mass is 277 g/mol. The number of benzene rings is 2. The molecule has 0 heterocycles. The third-order valence-electron chi connectivity index (χ3n) is 2.93. The minimum absolute atomic E-state index is 0.0877. The van der Waals surface area contributed by atoms with Crippen LogP contribution in [0.1, 0.15) is 11.5 Å². The molecule has 0 amide bonds. The van der Waals surface area contributed by atoms with Crippen molar-refractivity contribution >= 4 is 11.7 Å². The minimum Gasteiger partial charge on any atom is -0.481 e. The summed E-state index contributed by atoms with van der Waals surface area (Å²) in [4.78, 5) is 11.3. The predicted molar refractivity (Wildman–Crippen MR) is 71.7 cm³/mol. The fourth-order valence-corrected chi connectivity index (χ4v) is 1.86. The number of rotatable bonds is 5. The van der Waals surface area contributed by atoms with Crippen molar-refractivity contribution in [3.63, 3.8) is 0 Å². The highest BCUT2D eigenvalue weighted by Crippen LogP contribution is 2.18. The van der Waals surface area contributed by atoms with Gasteiger partial charge in [-0.3, -0.25) is 4.79 Å². The molecule has 2 aromatic carbocycles. The Morgan fingerprint density at radius 3 is 2.40 bits per heavy atom. The van der Waals surface area contributed by atoms with E-state index < -0.39 is 23.5 Å². The molecule has 2 N–H and O–H groups in total. The van der Waals surface area contributed by atoms with Crippen molar-refractivity contribution in [2.45, 2.75) is 5.92 Å². The highest BCUT2D eigenvalue weighted by atomic mass is 19.2. The Hall–Kier alpha value is -2.43. The number of nitrogens with one attached hydrogen (secondary N) is 1. The van der Waals surface area contributed by atoms with E-state index in [4.69, 9.17) is 0 Å². The smallest absolute Gasteiger partial charge is 0.312 e. The summed E-state index contributed by atoms with van der Waals surface area (Å²) >= 11 is 0. The van der Waals surface area contributed by atoms with Crippen LogP contribution in [-0.4, -0.2) is 17.6 Å². The highest BCUT2D eigenvalue weighted by Gasteiger charge is 2.19. The number of carboxylic acid groups (broad SMARTS) is 1. The molecule has 2 rings (SSSR count). The third-order valence-corrected chi connectivity index (χ3v) is 2.93. The van der Waals surface area contributed by atoms with Gasteiger partial charge in [0.15, 0.2) is 11.6 Å². The Balaban J connectivity index is 2.10. The van der Waals surface area contributed by atoms with E-state index in [1.54, 1.807) is 30.3 Å². The van der Waals surface area contributed by atoms with Crippen LogP contribution in [0.3, 0.4) is 0 Å². The van der Waals surface area contributed by atoms with Gasteiger partial charge >= 0.3 is 5.97 Å². The van der Waals surface area contributed by atoms with Crippen molar-refractivity contribution in [1.82, 2.24) is 0 Å². The fraction of sp³-hybridized carbons (Fsp3) is 0.133. The minimum atomic E-state index is -0.980. The normalized spacial score (nSPS) is 11.9. The van der Waals surface area contributed by atoms with Crippen LogP contribution in [-0.2, 0) is 4.79 Å². The van der Waals surface area contributed by atoms with Crippen molar-refractivity contribution in [1.29, 1.82) is 0 Å². The Kier molecular flexibility index (Phi) is 4.30. The van der Waals surface area contributed by atoms with E-state index in [1.165, 1.54) is 6.07 Å². The molecule has 0 aliphatic heterocycles. The van der Waals surface area contributed by atoms with Crippen LogP contribution < -0.4 is 5.32 Å². The molecule has 0 aliphatic rings. The summed E-state index contributed by atoms with van der Waals surface area (Å²) in [6.45, 7) is 0.0877. The van der Waals surface area contributed by atoms with Crippen LogP contribution in [0.15, 0.2) is 48.5 Å². The predicted octanol–water partition coefficient (Wildman–Crippen LogP) is 3.25. The molecule has 2 aromatic rings. The molecule has 0 aromatic heterocycles. The summed E-state index contributed by atoms with van der Waals surface area (Å²) in [6, 6.07) is 12.1. The van der Waals surface area contributed by atoms with Crippen LogP contribution in [0.5, 0.6) is 0 Å². The first-order chi connectivity index (χ1) is 9.58. The van der Waals surface area contributed by atoms with Crippen LogP contribution in [0.2, 0.25) is 0 Å². The zero-order valence-electron chi connectivity index (χ0n) is 10.5. The van der Waals surface area contributed by atoms with Gasteiger partial charge in [0.05, 0.1) is 5.92 Å². The highest BCUT2D eigenvalue weighted by molar-refractivity contribution is 5.77. The third kappa shape index (κ3) is 3.32. The van der Waals surface area contributed by atoms with E-state index >= 15 is 0 Å². The molecule has 0 spiro atoms. The SMILES string of the molecule is O=C(O)C(CNc1ccc(F)c(F)c1)c1ccccc1. The number of anilines is 1. The lowest BCUT2D eigenvalue weighted by Gasteiger charge is -2.14. The quantitative estimate of drug-likeness (QED) is 0.882. The molecule has 0 radical (unpaired) electrons. The molecule has 0 bridgehead atoms. The van der Waals surface area contributed by atoms with Gasteiger partial charge in [-0.25, -0.2) is 8.78 Å². The molecule has 3 nitrogen and oxygen atoms in total. The second-order valence-corrected chi connectivity index (χ2v) is 4.31. The average Bonchev–Trinajstić information content (AvgIpc) is 2.44. The topological polar surface area (TPSA) is 49.3 Å². The molecular weight excluding hydrogens is 264 g/mol. The van der Waals surface area contributed by atoms with Crippen molar-refractivity contribution in [3.05, 3.63) is 65.7 Å². The maximum Gasteiger partial charge on any atom is 0.312 e. The summed E-state index contributed by atoms with van der Waals surface area (Å²) in [5.41, 5.74) is 0.987. The molecule has 0 fully saturated rings. The van der Waals surface area contributed by atoms with E-state index in [0.717, 1.165) is 12.1 Å². The zero-order chi connectivity index (χ0) is 14.5. The van der Waals surface area contributed by atoms with Gasteiger partial charge in [-0.1, -0.05) is 30.3 Å². The Morgan fingerprint density at radius 1 is 1.10 bits per heavy atom. The van der Waals surface area contributed by atoms with E-state index in [9.17, 15) is 18.7 Å². The first kappa shape index (κ1) is 14.0. The Morgan fingerprint density at radius 2 is 1.80 bits per heavy atom. The van der Waals surface area contributed by atoms with Gasteiger partial charge in [-0.2, -0.15) is 0 Å². The fourth-order valence-electron chi connectivity index (χ4n) is 1.86. The molecule has 0 saturated heterocycles. The molecule has 1 atom stereocenters. The van der Waals surface area contributed by atoms with Gasteiger partial charge in [0.2, 0.25) is 0 Å². The van der Waals surface area contributed by atoms with Crippen molar-refractivity contribution < 1.29 is 18.7 Å². The summed E-state index contributed by atoms with van der Waals surface area (Å²) in [6.07, 6.45) is 0. The largest absolute Gasteiger partial charge is 0.481 e. The molecular formula is C15H13F2NO2. The lowest BCUT2D eigenvalue weighted by Crippen LogP contribution is -2.21. The molecule has 1 unspecified atom stereocenters. The lowest BCUT2D eigenvalue weighted by atomic mass is 9.99. The average molecular weight is 277 g/mol. The molecule has 0 saturated carbocycles. The maximum atomic E-state index is 13.1. The Labute approximate surface area is 114 Å². The van der Waals surface area contributed by atoms with Crippen molar-refractivity contribution in [2.24, 2.45) is 0 Å². The summed E-state index contributed by atoms with van der Waals surface area (Å²) in [5, 5.41) is 12.0. The van der Waals surface area contributed by atoms with E-state index in [0.29, 0.717) is 11.3 Å². The van der Waals surface area contributed by atoms with E-state index in [1.807, 2.05) is 0 Å². The van der Waals surface area contributed by atoms with E-state index in [-0.39, 0.29) is 6.54 Å². The van der Waals surface area contributed by atoms with Gasteiger partial charge < -0.3 is 10.4 Å². The Bertz CT molecular complexity index is 602. The van der Waals surface area contributed by atoms with E-state index in [2.05, 4.69) is 5.32 Å². The second-order valence-electron chi connectivity index (χ2n) is 4.31. The first-order valence-corrected chi connectivity index (χ1v) is 6.04. The number of carbonyl (C=O) groups is 1. The van der Waals surface area contributed by atoms with Gasteiger partial charge in [0, 0.05) is 12.2 Å². The number of hydrogen-bond donors (Lipinski definition) is 2. The van der Waals surface area contributed by atoms with Crippen molar-refractivity contribution in [3.8, 4) is 0 Å². The molecule has 0 aliphatic carbocycles. The van der Waals surface area contributed by atoms with Gasteiger partial charge in [-0.05, 0) is 23.8 Å². The number of halogens is 2. The van der Waals surface area contributed by atoms with Gasteiger partial charge in [-0.15, -0.1) is 0 Å². The first-order valence-electron chi connectivity index (χ1n) is 6.04. The second kappa shape index (κ2) is 6.14. The zero-order valence-corrected chi connectivity index (χ0v) is 10.5. The summed E-state index contributed by atoms with van der Waals surface area (Å²) < 4.78 is 25.8. The van der Waals surface area contributed by atoms with Crippen LogP contribution >= 0.6 is 0 Å². The summed E-state index contributed by atoms with van der Waals surface area (Å²) in [5.74, 6) is -3.65. The van der Waals surface area contributed by atoms with Crippen LogP contribution in [0.4, 0.5) is 14.5 Å². The van der Waals surface area contributed by atoms with Gasteiger partial charge in [0.25, 0.3) is 0 Å². The lowest BCUT2D eigenvalue weighted by molar-refractivity contribution is -0.138. The van der Waals surface area contributed by atoms with Crippen LogP contribution in [0, 0.1) is 11.6 Å². The molecule has 20 heavy (non-hydrogen) atoms. The van der Waals surface area contributed by atoms with Crippen LogP contribution in [0.25, 0.3) is 0 Å². The standard InChI is InChI=1S/C15H13F2NO2/c16-13-7-6-11(8-14(13)17)18-9-12(15(19)20)10-4-2-1-3-5-10/h1-8,12,18H,9H2,(H,19,20). The molecule has 5 heteroatoms. The summed E-state index contributed by atoms with van der Waals surface area (Å²) in [7, 11) is 0. The van der Waals surface area contributed by atoms with Crippen molar-refractivity contribution in [2.75, 3.05) is 11.9 Å². The number of hydrogen-bond acceptors (Lipinski definition) is 2. The number of carboxylic acids is 1.